The van der Waals surface area contributed by atoms with Crippen molar-refractivity contribution in [3.05, 3.63) is 0 Å². The summed E-state index contributed by atoms with van der Waals surface area (Å²) in [7, 11) is 0. The number of hydrogen-bond donors (Lipinski definition) is 3. The van der Waals surface area contributed by atoms with Crippen LogP contribution in [-0.2, 0) is 0 Å². The molecule has 106 valence electrons. The SMILES string of the molecule is CC1(C)CCC[C@@]2(C)[C@H]1CC[C@](C)(O)[C@]2(O)CO. The van der Waals surface area contributed by atoms with Gasteiger partial charge in [-0.25, -0.2) is 0 Å². The molecule has 2 aliphatic rings. The maximum absolute atomic E-state index is 11.0. The van der Waals surface area contributed by atoms with Crippen molar-refractivity contribution in [2.45, 2.75) is 71.0 Å². The highest BCUT2D eigenvalue weighted by molar-refractivity contribution is 5.16. The van der Waals surface area contributed by atoms with Crippen LogP contribution in [0.3, 0.4) is 0 Å². The van der Waals surface area contributed by atoms with E-state index in [1.54, 1.807) is 6.92 Å². The van der Waals surface area contributed by atoms with E-state index in [1.165, 1.54) is 0 Å². The average Bonchev–Trinajstić information content (AvgIpc) is 2.24. The molecule has 0 aromatic rings. The van der Waals surface area contributed by atoms with Crippen LogP contribution in [0.5, 0.6) is 0 Å². The van der Waals surface area contributed by atoms with Gasteiger partial charge in [0.25, 0.3) is 0 Å². The third kappa shape index (κ3) is 1.60. The fraction of sp³-hybridized carbons (Fsp3) is 1.00. The standard InChI is InChI=1S/C15H28O3/c1-12(2)7-5-8-13(3)11(12)6-9-14(4,17)15(13,18)10-16/h11,16-18H,5-10H2,1-4H3/t11-,13-,14-,15-/m0/s1. The van der Waals surface area contributed by atoms with Crippen molar-refractivity contribution in [1.29, 1.82) is 0 Å². The maximum atomic E-state index is 11.0. The van der Waals surface area contributed by atoms with Gasteiger partial charge in [-0.1, -0.05) is 27.2 Å². The monoisotopic (exact) mass is 256 g/mol. The predicted octanol–water partition coefficient (Wildman–Crippen LogP) is 2.09. The molecular weight excluding hydrogens is 228 g/mol. The zero-order valence-corrected chi connectivity index (χ0v) is 12.2. The predicted molar refractivity (Wildman–Crippen MR) is 71.1 cm³/mol. The minimum atomic E-state index is -1.39. The molecule has 3 nitrogen and oxygen atoms in total. The summed E-state index contributed by atoms with van der Waals surface area (Å²) in [4.78, 5) is 0. The zero-order chi connectivity index (χ0) is 13.8. The summed E-state index contributed by atoms with van der Waals surface area (Å²) >= 11 is 0. The first kappa shape index (κ1) is 14.3. The molecular formula is C15H28O3. The van der Waals surface area contributed by atoms with Gasteiger partial charge in [0.15, 0.2) is 0 Å². The van der Waals surface area contributed by atoms with E-state index < -0.39 is 16.6 Å². The topological polar surface area (TPSA) is 60.7 Å². The molecule has 0 aromatic heterocycles. The van der Waals surface area contributed by atoms with Gasteiger partial charge in [0.05, 0.1) is 12.2 Å². The second-order valence-electron chi connectivity index (χ2n) is 7.64. The van der Waals surface area contributed by atoms with Crippen LogP contribution in [0.15, 0.2) is 0 Å². The number of hydrogen-bond acceptors (Lipinski definition) is 3. The highest BCUT2D eigenvalue weighted by Gasteiger charge is 2.66. The van der Waals surface area contributed by atoms with E-state index in [0.717, 1.165) is 25.7 Å². The molecule has 0 saturated heterocycles. The highest BCUT2D eigenvalue weighted by atomic mass is 16.4. The van der Waals surface area contributed by atoms with Crippen molar-refractivity contribution in [3.63, 3.8) is 0 Å². The lowest BCUT2D eigenvalue weighted by Gasteiger charge is -2.64. The fourth-order valence-corrected chi connectivity index (χ4v) is 4.92. The Morgan fingerprint density at radius 1 is 1.00 bits per heavy atom. The molecule has 18 heavy (non-hydrogen) atoms. The van der Waals surface area contributed by atoms with Crippen LogP contribution in [0.2, 0.25) is 0 Å². The van der Waals surface area contributed by atoms with Gasteiger partial charge in [0.1, 0.15) is 5.60 Å². The van der Waals surface area contributed by atoms with Gasteiger partial charge in [0, 0.05) is 5.41 Å². The van der Waals surface area contributed by atoms with E-state index in [2.05, 4.69) is 20.8 Å². The maximum Gasteiger partial charge on any atom is 0.121 e. The highest BCUT2D eigenvalue weighted by Crippen LogP contribution is 2.63. The first-order chi connectivity index (χ1) is 8.11. The summed E-state index contributed by atoms with van der Waals surface area (Å²) in [5.41, 5.74) is -2.81. The van der Waals surface area contributed by atoms with Crippen LogP contribution in [0.1, 0.15) is 59.8 Å². The smallest absolute Gasteiger partial charge is 0.121 e. The van der Waals surface area contributed by atoms with Crippen molar-refractivity contribution < 1.29 is 15.3 Å². The summed E-state index contributed by atoms with van der Waals surface area (Å²) < 4.78 is 0. The minimum absolute atomic E-state index is 0.173. The second-order valence-corrected chi connectivity index (χ2v) is 7.64. The molecule has 0 heterocycles. The molecule has 0 radical (unpaired) electrons. The number of aliphatic hydroxyl groups excluding tert-OH is 1. The quantitative estimate of drug-likeness (QED) is 0.673. The third-order valence-electron chi connectivity index (χ3n) is 6.21. The van der Waals surface area contributed by atoms with Crippen LogP contribution in [0.25, 0.3) is 0 Å². The van der Waals surface area contributed by atoms with E-state index >= 15 is 0 Å². The molecule has 2 saturated carbocycles. The molecule has 4 atom stereocenters. The molecule has 0 amide bonds. The van der Waals surface area contributed by atoms with Crippen molar-refractivity contribution in [2.75, 3.05) is 6.61 Å². The second kappa shape index (κ2) is 3.94. The molecule has 0 spiro atoms. The van der Waals surface area contributed by atoms with Crippen LogP contribution in [-0.4, -0.2) is 33.1 Å². The molecule has 3 N–H and O–H groups in total. The molecule has 2 rings (SSSR count). The molecule has 0 aliphatic heterocycles. The van der Waals surface area contributed by atoms with Gasteiger partial charge in [-0.2, -0.15) is 0 Å². The Bertz CT molecular complexity index is 337. The van der Waals surface area contributed by atoms with Gasteiger partial charge < -0.3 is 15.3 Å². The lowest BCUT2D eigenvalue weighted by Crippen LogP contribution is -2.71. The van der Waals surface area contributed by atoms with E-state index in [-0.39, 0.29) is 12.0 Å². The van der Waals surface area contributed by atoms with E-state index in [4.69, 9.17) is 0 Å². The number of aliphatic hydroxyl groups is 3. The van der Waals surface area contributed by atoms with Crippen molar-refractivity contribution in [2.24, 2.45) is 16.7 Å². The van der Waals surface area contributed by atoms with Crippen molar-refractivity contribution in [3.8, 4) is 0 Å². The fourth-order valence-electron chi connectivity index (χ4n) is 4.92. The van der Waals surface area contributed by atoms with E-state index in [1.807, 2.05) is 0 Å². The summed E-state index contributed by atoms with van der Waals surface area (Å²) in [6.07, 6.45) is 4.59. The number of rotatable bonds is 1. The Morgan fingerprint density at radius 3 is 2.17 bits per heavy atom. The summed E-state index contributed by atoms with van der Waals surface area (Å²) in [5.74, 6) is 0.358. The van der Waals surface area contributed by atoms with E-state index in [9.17, 15) is 15.3 Å². The Hall–Kier alpha value is -0.120. The minimum Gasteiger partial charge on any atom is -0.393 e. The van der Waals surface area contributed by atoms with Crippen molar-refractivity contribution >= 4 is 0 Å². The van der Waals surface area contributed by atoms with Crippen molar-refractivity contribution in [1.82, 2.24) is 0 Å². The van der Waals surface area contributed by atoms with Crippen LogP contribution in [0.4, 0.5) is 0 Å². The van der Waals surface area contributed by atoms with Gasteiger partial charge in [-0.05, 0) is 43.9 Å². The van der Waals surface area contributed by atoms with Gasteiger partial charge >= 0.3 is 0 Å². The lowest BCUT2D eigenvalue weighted by molar-refractivity contribution is -0.283. The molecule has 2 aliphatic carbocycles. The first-order valence-electron chi connectivity index (χ1n) is 7.16. The normalized spacial score (nSPS) is 51.8. The molecule has 2 fully saturated rings. The summed E-state index contributed by atoms with van der Waals surface area (Å²) in [5, 5.41) is 31.3. The van der Waals surface area contributed by atoms with Crippen LogP contribution < -0.4 is 0 Å². The molecule has 0 aromatic carbocycles. The van der Waals surface area contributed by atoms with Crippen LogP contribution in [0, 0.1) is 16.7 Å². The average molecular weight is 256 g/mol. The summed E-state index contributed by atoms with van der Waals surface area (Å²) in [6, 6.07) is 0. The molecule has 3 heteroatoms. The largest absolute Gasteiger partial charge is 0.393 e. The Kier molecular flexibility index (Phi) is 3.13. The Labute approximate surface area is 110 Å². The molecule has 0 bridgehead atoms. The lowest BCUT2D eigenvalue weighted by atomic mass is 9.44. The number of fused-ring (bicyclic) bond motifs is 1. The summed E-state index contributed by atoms with van der Waals surface area (Å²) in [6.45, 7) is 7.89. The Balaban J connectivity index is 2.49. The third-order valence-corrected chi connectivity index (χ3v) is 6.21. The van der Waals surface area contributed by atoms with Gasteiger partial charge in [-0.3, -0.25) is 0 Å². The Morgan fingerprint density at radius 2 is 1.61 bits per heavy atom. The van der Waals surface area contributed by atoms with Gasteiger partial charge in [0.2, 0.25) is 0 Å². The first-order valence-corrected chi connectivity index (χ1v) is 7.16. The molecule has 0 unspecified atom stereocenters. The van der Waals surface area contributed by atoms with E-state index in [0.29, 0.717) is 12.3 Å². The zero-order valence-electron chi connectivity index (χ0n) is 12.2. The van der Waals surface area contributed by atoms with Crippen LogP contribution >= 0.6 is 0 Å². The van der Waals surface area contributed by atoms with Gasteiger partial charge in [-0.15, -0.1) is 0 Å².